The number of carbonyl (C=O) groups is 1. The van der Waals surface area contributed by atoms with Crippen molar-refractivity contribution < 1.29 is 4.79 Å². The minimum atomic E-state index is -0.311. The summed E-state index contributed by atoms with van der Waals surface area (Å²) in [4.78, 5) is 15.8. The molecule has 0 aliphatic carbocycles. The Bertz CT molecular complexity index is 533. The number of nitrogens with two attached hydrogens (primary N) is 1. The predicted molar refractivity (Wildman–Crippen MR) is 64.2 cm³/mol. The maximum atomic E-state index is 11.7. The van der Waals surface area contributed by atoms with E-state index in [2.05, 4.69) is 25.9 Å². The molecule has 2 aromatic heterocycles. The van der Waals surface area contributed by atoms with Gasteiger partial charge in [-0.15, -0.1) is 10.2 Å². The first-order chi connectivity index (χ1) is 8.70. The molecular formula is C10H13N7O. The van der Waals surface area contributed by atoms with Gasteiger partial charge in [-0.05, 0) is 12.1 Å². The summed E-state index contributed by atoms with van der Waals surface area (Å²) in [7, 11) is 1.86. The zero-order chi connectivity index (χ0) is 13.0. The molecule has 0 saturated heterocycles. The number of aryl methyl sites for hydroxylation is 1. The first kappa shape index (κ1) is 12.0. The molecule has 4 N–H and O–H groups in total. The minimum Gasteiger partial charge on any atom is -0.343 e. The van der Waals surface area contributed by atoms with Crippen LogP contribution in [-0.4, -0.2) is 25.7 Å². The summed E-state index contributed by atoms with van der Waals surface area (Å²) >= 11 is 0. The standard InChI is InChI=1S/C10H13N7O/c1-17-5-4-12-9(17)6-13-10(18)7-2-3-8(14-11)16-15-7/h2-5H,6,11H2,1H3,(H,13,18)(H,14,16). The molecule has 0 atom stereocenters. The third-order valence-corrected chi connectivity index (χ3v) is 2.37. The summed E-state index contributed by atoms with van der Waals surface area (Å²) in [6.45, 7) is 0.334. The number of carbonyl (C=O) groups excluding carboxylic acids is 1. The van der Waals surface area contributed by atoms with Gasteiger partial charge in [-0.2, -0.15) is 0 Å². The molecular weight excluding hydrogens is 234 g/mol. The van der Waals surface area contributed by atoms with Gasteiger partial charge in [0.15, 0.2) is 11.5 Å². The molecule has 0 spiro atoms. The number of hydrogen-bond donors (Lipinski definition) is 3. The zero-order valence-electron chi connectivity index (χ0n) is 9.79. The number of nitrogens with one attached hydrogen (secondary N) is 2. The van der Waals surface area contributed by atoms with Crippen molar-refractivity contribution in [2.75, 3.05) is 5.43 Å². The SMILES string of the molecule is Cn1ccnc1CNC(=O)c1ccc(NN)nn1. The van der Waals surface area contributed by atoms with Gasteiger partial charge in [0.05, 0.1) is 6.54 Å². The molecule has 0 bridgehead atoms. The van der Waals surface area contributed by atoms with Crippen LogP contribution in [0.25, 0.3) is 0 Å². The molecule has 0 aromatic carbocycles. The van der Waals surface area contributed by atoms with Crippen LogP contribution in [0, 0.1) is 0 Å². The summed E-state index contributed by atoms with van der Waals surface area (Å²) in [5.74, 6) is 6.00. The Balaban J connectivity index is 1.97. The fraction of sp³-hybridized carbons (Fsp3) is 0.200. The van der Waals surface area contributed by atoms with Crippen LogP contribution in [0.15, 0.2) is 24.5 Å². The number of anilines is 1. The first-order valence-corrected chi connectivity index (χ1v) is 5.25. The van der Waals surface area contributed by atoms with Gasteiger partial charge in [0, 0.05) is 19.4 Å². The third kappa shape index (κ3) is 2.61. The van der Waals surface area contributed by atoms with Crippen LogP contribution in [0.5, 0.6) is 0 Å². The quantitative estimate of drug-likeness (QED) is 0.492. The monoisotopic (exact) mass is 247 g/mol. The predicted octanol–water partition coefficient (Wildman–Crippen LogP) is -0.574. The van der Waals surface area contributed by atoms with Gasteiger partial charge in [-0.25, -0.2) is 10.8 Å². The van der Waals surface area contributed by atoms with Crippen molar-refractivity contribution in [2.45, 2.75) is 6.54 Å². The third-order valence-electron chi connectivity index (χ3n) is 2.37. The number of rotatable bonds is 4. The molecule has 2 heterocycles. The van der Waals surface area contributed by atoms with Gasteiger partial charge in [-0.3, -0.25) is 4.79 Å². The fourth-order valence-electron chi connectivity index (χ4n) is 1.35. The van der Waals surface area contributed by atoms with Gasteiger partial charge in [0.2, 0.25) is 0 Å². The van der Waals surface area contributed by atoms with E-state index in [9.17, 15) is 4.79 Å². The summed E-state index contributed by atoms with van der Waals surface area (Å²) in [6, 6.07) is 3.11. The van der Waals surface area contributed by atoms with E-state index in [1.807, 2.05) is 17.8 Å². The summed E-state index contributed by atoms with van der Waals surface area (Å²) in [6.07, 6.45) is 3.48. The van der Waals surface area contributed by atoms with Crippen LogP contribution in [0.1, 0.15) is 16.3 Å². The number of amides is 1. The van der Waals surface area contributed by atoms with Crippen LogP contribution in [-0.2, 0) is 13.6 Å². The van der Waals surface area contributed by atoms with Crippen LogP contribution in [0.3, 0.4) is 0 Å². The lowest BCUT2D eigenvalue weighted by Crippen LogP contribution is -2.25. The molecule has 8 heteroatoms. The smallest absolute Gasteiger partial charge is 0.272 e. The van der Waals surface area contributed by atoms with Crippen LogP contribution >= 0.6 is 0 Å². The van der Waals surface area contributed by atoms with Crippen molar-refractivity contribution in [1.29, 1.82) is 0 Å². The topological polar surface area (TPSA) is 111 Å². The molecule has 8 nitrogen and oxygen atoms in total. The highest BCUT2D eigenvalue weighted by atomic mass is 16.1. The van der Waals surface area contributed by atoms with Crippen molar-refractivity contribution >= 4 is 11.7 Å². The van der Waals surface area contributed by atoms with E-state index in [0.29, 0.717) is 12.4 Å². The lowest BCUT2D eigenvalue weighted by atomic mass is 10.3. The lowest BCUT2D eigenvalue weighted by molar-refractivity contribution is 0.0943. The largest absolute Gasteiger partial charge is 0.343 e. The van der Waals surface area contributed by atoms with Gasteiger partial charge >= 0.3 is 0 Å². The molecule has 0 aliphatic rings. The van der Waals surface area contributed by atoms with Crippen LogP contribution in [0.4, 0.5) is 5.82 Å². The van der Waals surface area contributed by atoms with E-state index >= 15 is 0 Å². The maximum absolute atomic E-state index is 11.7. The number of nitrogens with zero attached hydrogens (tertiary/aromatic N) is 4. The van der Waals surface area contributed by atoms with Crippen molar-refractivity contribution in [3.8, 4) is 0 Å². The fourth-order valence-corrected chi connectivity index (χ4v) is 1.35. The number of nitrogen functional groups attached to an aromatic ring is 1. The average molecular weight is 247 g/mol. The van der Waals surface area contributed by atoms with Gasteiger partial charge < -0.3 is 15.3 Å². The van der Waals surface area contributed by atoms with Gasteiger partial charge in [-0.1, -0.05) is 0 Å². The van der Waals surface area contributed by atoms with Crippen molar-refractivity contribution in [3.63, 3.8) is 0 Å². The van der Waals surface area contributed by atoms with Crippen molar-refractivity contribution in [2.24, 2.45) is 12.9 Å². The summed E-state index contributed by atoms with van der Waals surface area (Å²) in [5, 5.41) is 10.2. The van der Waals surface area contributed by atoms with E-state index < -0.39 is 0 Å². The van der Waals surface area contributed by atoms with E-state index in [1.165, 1.54) is 6.07 Å². The summed E-state index contributed by atoms with van der Waals surface area (Å²) < 4.78 is 1.83. The number of hydrogen-bond acceptors (Lipinski definition) is 6. The summed E-state index contributed by atoms with van der Waals surface area (Å²) in [5.41, 5.74) is 2.56. The highest BCUT2D eigenvalue weighted by molar-refractivity contribution is 5.92. The van der Waals surface area contributed by atoms with Gasteiger partial charge in [0.1, 0.15) is 5.82 Å². The van der Waals surface area contributed by atoms with Crippen LogP contribution in [0.2, 0.25) is 0 Å². The molecule has 0 radical (unpaired) electrons. The van der Waals surface area contributed by atoms with E-state index in [1.54, 1.807) is 12.3 Å². The van der Waals surface area contributed by atoms with Crippen molar-refractivity contribution in [1.82, 2.24) is 25.1 Å². The van der Waals surface area contributed by atoms with E-state index in [0.717, 1.165) is 5.82 Å². The molecule has 18 heavy (non-hydrogen) atoms. The highest BCUT2D eigenvalue weighted by Gasteiger charge is 2.08. The Labute approximate surface area is 103 Å². The van der Waals surface area contributed by atoms with E-state index in [-0.39, 0.29) is 11.6 Å². The molecule has 2 rings (SSSR count). The molecule has 0 aliphatic heterocycles. The Morgan fingerprint density at radius 1 is 1.44 bits per heavy atom. The maximum Gasteiger partial charge on any atom is 0.272 e. The molecule has 0 saturated carbocycles. The molecule has 94 valence electrons. The second-order valence-electron chi connectivity index (χ2n) is 3.59. The second-order valence-corrected chi connectivity index (χ2v) is 3.59. The Hall–Kier alpha value is -2.48. The first-order valence-electron chi connectivity index (χ1n) is 5.25. The number of hydrazine groups is 1. The molecule has 0 fully saturated rings. The molecule has 2 aromatic rings. The minimum absolute atomic E-state index is 0.225. The highest BCUT2D eigenvalue weighted by Crippen LogP contribution is 2.00. The molecule has 0 unspecified atom stereocenters. The van der Waals surface area contributed by atoms with Crippen molar-refractivity contribution in [3.05, 3.63) is 36.0 Å². The average Bonchev–Trinajstić information content (AvgIpc) is 2.81. The Morgan fingerprint density at radius 3 is 2.83 bits per heavy atom. The number of aromatic nitrogens is 4. The van der Waals surface area contributed by atoms with E-state index in [4.69, 9.17) is 5.84 Å². The van der Waals surface area contributed by atoms with Gasteiger partial charge in [0.25, 0.3) is 5.91 Å². The Morgan fingerprint density at radius 2 is 2.28 bits per heavy atom. The second kappa shape index (κ2) is 5.23. The Kier molecular flexibility index (Phi) is 3.49. The normalized spacial score (nSPS) is 10.1. The lowest BCUT2D eigenvalue weighted by Gasteiger charge is -2.04. The zero-order valence-corrected chi connectivity index (χ0v) is 9.79. The molecule has 1 amide bonds. The van der Waals surface area contributed by atoms with Crippen LogP contribution < -0.4 is 16.6 Å². The number of imidazole rings is 1.